The lowest BCUT2D eigenvalue weighted by atomic mass is 10.1. The van der Waals surface area contributed by atoms with Gasteiger partial charge in [0.25, 0.3) is 0 Å². The van der Waals surface area contributed by atoms with Crippen LogP contribution in [0.1, 0.15) is 19.8 Å². The van der Waals surface area contributed by atoms with E-state index in [0.717, 1.165) is 35.4 Å². The number of fused-ring (bicyclic) bond motifs is 1. The number of hydrogen-bond acceptors (Lipinski definition) is 5. The SMILES string of the molecule is COc1ccc2nc(NC(=O)N[C@@H](C)[C@@H]3CCCO3)sc2c1. The molecule has 0 radical (unpaired) electrons. The van der Waals surface area contributed by atoms with E-state index < -0.39 is 0 Å². The predicted molar refractivity (Wildman–Crippen MR) is 86.8 cm³/mol. The highest BCUT2D eigenvalue weighted by atomic mass is 32.1. The van der Waals surface area contributed by atoms with E-state index in [2.05, 4.69) is 15.6 Å². The van der Waals surface area contributed by atoms with Gasteiger partial charge >= 0.3 is 6.03 Å². The number of nitrogens with zero attached hydrogens (tertiary/aromatic N) is 1. The van der Waals surface area contributed by atoms with Gasteiger partial charge in [-0.3, -0.25) is 5.32 Å². The number of thiazole rings is 1. The molecule has 7 heteroatoms. The van der Waals surface area contributed by atoms with Gasteiger partial charge in [0, 0.05) is 6.61 Å². The zero-order valence-electron chi connectivity index (χ0n) is 12.6. The standard InChI is InChI=1S/C15H19N3O3S/c1-9(12-4-3-7-21-12)16-14(19)18-15-17-11-6-5-10(20-2)8-13(11)22-15/h5-6,8-9,12H,3-4,7H2,1-2H3,(H2,16,17,18,19)/t9-,12-/m0/s1. The normalized spacial score (nSPS) is 19.1. The van der Waals surface area contributed by atoms with Crippen molar-refractivity contribution in [3.63, 3.8) is 0 Å². The van der Waals surface area contributed by atoms with Gasteiger partial charge in [-0.2, -0.15) is 0 Å². The van der Waals surface area contributed by atoms with Gasteiger partial charge < -0.3 is 14.8 Å². The molecule has 2 amide bonds. The van der Waals surface area contributed by atoms with Gasteiger partial charge in [-0.15, -0.1) is 0 Å². The van der Waals surface area contributed by atoms with Crippen molar-refractivity contribution < 1.29 is 14.3 Å². The van der Waals surface area contributed by atoms with Crippen LogP contribution in [0.2, 0.25) is 0 Å². The van der Waals surface area contributed by atoms with Gasteiger partial charge in [0.05, 0.1) is 29.5 Å². The van der Waals surface area contributed by atoms with Crippen LogP contribution < -0.4 is 15.4 Å². The van der Waals surface area contributed by atoms with Gasteiger partial charge in [-0.1, -0.05) is 11.3 Å². The second kappa shape index (κ2) is 6.50. The second-order valence-electron chi connectivity index (χ2n) is 5.29. The predicted octanol–water partition coefficient (Wildman–Crippen LogP) is 2.99. The summed E-state index contributed by atoms with van der Waals surface area (Å²) in [5, 5.41) is 6.26. The van der Waals surface area contributed by atoms with Crippen molar-refractivity contribution in [1.29, 1.82) is 0 Å². The van der Waals surface area contributed by atoms with Crippen molar-refractivity contribution in [3.05, 3.63) is 18.2 Å². The molecule has 1 aliphatic heterocycles. The Morgan fingerprint density at radius 1 is 1.55 bits per heavy atom. The van der Waals surface area contributed by atoms with Crippen molar-refractivity contribution in [3.8, 4) is 5.75 Å². The summed E-state index contributed by atoms with van der Waals surface area (Å²) in [4.78, 5) is 16.4. The van der Waals surface area contributed by atoms with E-state index in [9.17, 15) is 4.79 Å². The Morgan fingerprint density at radius 2 is 2.41 bits per heavy atom. The first-order valence-electron chi connectivity index (χ1n) is 7.29. The van der Waals surface area contributed by atoms with Crippen LogP contribution in [0.25, 0.3) is 10.2 Å². The Morgan fingerprint density at radius 3 is 3.14 bits per heavy atom. The third kappa shape index (κ3) is 3.31. The lowest BCUT2D eigenvalue weighted by Crippen LogP contribution is -2.42. The van der Waals surface area contributed by atoms with E-state index in [-0.39, 0.29) is 18.2 Å². The number of methoxy groups -OCH3 is 1. The molecule has 1 aliphatic rings. The summed E-state index contributed by atoms with van der Waals surface area (Å²) in [6.45, 7) is 2.73. The maximum atomic E-state index is 12.0. The molecule has 118 valence electrons. The summed E-state index contributed by atoms with van der Waals surface area (Å²) in [5.41, 5.74) is 0.841. The van der Waals surface area contributed by atoms with Gasteiger partial charge in [0.15, 0.2) is 5.13 Å². The van der Waals surface area contributed by atoms with Crippen molar-refractivity contribution >= 4 is 32.7 Å². The van der Waals surface area contributed by atoms with E-state index in [4.69, 9.17) is 9.47 Å². The summed E-state index contributed by atoms with van der Waals surface area (Å²) in [6.07, 6.45) is 2.14. The fourth-order valence-corrected chi connectivity index (χ4v) is 3.40. The first kappa shape index (κ1) is 15.1. The van der Waals surface area contributed by atoms with E-state index >= 15 is 0 Å². The molecule has 2 aromatic rings. The molecule has 0 aliphatic carbocycles. The number of anilines is 1. The zero-order valence-corrected chi connectivity index (χ0v) is 13.4. The van der Waals surface area contributed by atoms with Gasteiger partial charge in [0.1, 0.15) is 5.75 Å². The van der Waals surface area contributed by atoms with Gasteiger partial charge in [-0.25, -0.2) is 9.78 Å². The average molecular weight is 321 g/mol. The molecule has 0 unspecified atom stereocenters. The van der Waals surface area contributed by atoms with E-state index in [1.807, 2.05) is 25.1 Å². The van der Waals surface area contributed by atoms with Crippen LogP contribution in [-0.2, 0) is 4.74 Å². The van der Waals surface area contributed by atoms with Crippen LogP contribution in [0, 0.1) is 0 Å². The average Bonchev–Trinajstić information content (AvgIpc) is 3.15. The first-order chi connectivity index (χ1) is 10.7. The number of carbonyl (C=O) groups is 1. The molecule has 0 saturated carbocycles. The van der Waals surface area contributed by atoms with Crippen LogP contribution in [0.4, 0.5) is 9.93 Å². The summed E-state index contributed by atoms with van der Waals surface area (Å²) in [5.74, 6) is 0.777. The number of rotatable bonds is 4. The topological polar surface area (TPSA) is 72.5 Å². The molecule has 6 nitrogen and oxygen atoms in total. The Balaban J connectivity index is 1.63. The fourth-order valence-electron chi connectivity index (χ4n) is 2.52. The van der Waals surface area contributed by atoms with E-state index in [1.54, 1.807) is 7.11 Å². The summed E-state index contributed by atoms with van der Waals surface area (Å²) >= 11 is 1.42. The molecule has 1 saturated heterocycles. The van der Waals surface area contributed by atoms with Crippen molar-refractivity contribution in [2.75, 3.05) is 19.0 Å². The molecular weight excluding hydrogens is 302 g/mol. The molecule has 2 atom stereocenters. The summed E-state index contributed by atoms with van der Waals surface area (Å²) in [7, 11) is 1.63. The van der Waals surface area contributed by atoms with Crippen molar-refractivity contribution in [1.82, 2.24) is 10.3 Å². The fraction of sp³-hybridized carbons (Fsp3) is 0.467. The Hall–Kier alpha value is -1.86. The van der Waals surface area contributed by atoms with E-state index in [1.165, 1.54) is 11.3 Å². The highest BCUT2D eigenvalue weighted by molar-refractivity contribution is 7.22. The van der Waals surface area contributed by atoms with Crippen molar-refractivity contribution in [2.45, 2.75) is 31.9 Å². The number of amides is 2. The largest absolute Gasteiger partial charge is 0.497 e. The van der Waals surface area contributed by atoms with Crippen molar-refractivity contribution in [2.24, 2.45) is 0 Å². The lowest BCUT2D eigenvalue weighted by molar-refractivity contribution is 0.0868. The maximum absolute atomic E-state index is 12.0. The molecule has 2 N–H and O–H groups in total. The minimum Gasteiger partial charge on any atom is -0.497 e. The third-order valence-electron chi connectivity index (χ3n) is 3.70. The Labute approximate surface area is 132 Å². The monoisotopic (exact) mass is 321 g/mol. The highest BCUT2D eigenvalue weighted by Gasteiger charge is 2.23. The minimum absolute atomic E-state index is 0.0167. The zero-order chi connectivity index (χ0) is 15.5. The number of ether oxygens (including phenoxy) is 2. The molecule has 1 aromatic heterocycles. The number of aromatic nitrogens is 1. The number of benzene rings is 1. The number of hydrogen-bond donors (Lipinski definition) is 2. The lowest BCUT2D eigenvalue weighted by Gasteiger charge is -2.19. The van der Waals surface area contributed by atoms with E-state index in [0.29, 0.717) is 5.13 Å². The first-order valence-corrected chi connectivity index (χ1v) is 8.11. The molecular formula is C15H19N3O3S. The van der Waals surface area contributed by atoms with Crippen LogP contribution in [0.5, 0.6) is 5.75 Å². The van der Waals surface area contributed by atoms with Gasteiger partial charge in [0.2, 0.25) is 0 Å². The number of carbonyl (C=O) groups excluding carboxylic acids is 1. The third-order valence-corrected chi connectivity index (χ3v) is 4.63. The maximum Gasteiger partial charge on any atom is 0.321 e. The minimum atomic E-state index is -0.256. The highest BCUT2D eigenvalue weighted by Crippen LogP contribution is 2.29. The smallest absolute Gasteiger partial charge is 0.321 e. The second-order valence-corrected chi connectivity index (χ2v) is 6.32. The quantitative estimate of drug-likeness (QED) is 0.908. The molecule has 22 heavy (non-hydrogen) atoms. The van der Waals surface area contributed by atoms with Crippen LogP contribution in [-0.4, -0.2) is 36.9 Å². The molecule has 1 fully saturated rings. The number of urea groups is 1. The molecule has 3 rings (SSSR count). The Bertz CT molecular complexity index is 667. The van der Waals surface area contributed by atoms with Crippen LogP contribution >= 0.6 is 11.3 Å². The summed E-state index contributed by atoms with van der Waals surface area (Å²) < 4.78 is 11.7. The van der Waals surface area contributed by atoms with Crippen LogP contribution in [0.3, 0.4) is 0 Å². The summed E-state index contributed by atoms with van der Waals surface area (Å²) in [6, 6.07) is 5.37. The number of nitrogens with one attached hydrogen (secondary N) is 2. The van der Waals surface area contributed by atoms with Gasteiger partial charge in [-0.05, 0) is 38.0 Å². The van der Waals surface area contributed by atoms with Crippen LogP contribution in [0.15, 0.2) is 18.2 Å². The molecule has 1 aromatic carbocycles. The molecule has 0 bridgehead atoms. The molecule has 2 heterocycles. The Kier molecular flexibility index (Phi) is 4.44. The molecule has 0 spiro atoms.